The number of fused-ring (bicyclic) bond motifs is 1. The summed E-state index contributed by atoms with van der Waals surface area (Å²) in [6.07, 6.45) is 1.59. The lowest BCUT2D eigenvalue weighted by molar-refractivity contribution is -0.385. The summed E-state index contributed by atoms with van der Waals surface area (Å²) >= 11 is 4.76. The van der Waals surface area contributed by atoms with E-state index in [1.807, 2.05) is 6.92 Å². The van der Waals surface area contributed by atoms with Crippen LogP contribution in [0.2, 0.25) is 0 Å². The highest BCUT2D eigenvalue weighted by atomic mass is 79.9. The van der Waals surface area contributed by atoms with E-state index in [0.717, 1.165) is 11.3 Å². The Morgan fingerprint density at radius 1 is 1.18 bits per heavy atom. The molecule has 11 nitrogen and oxygen atoms in total. The summed E-state index contributed by atoms with van der Waals surface area (Å²) in [5.41, 5.74) is 1.86. The standard InChI is InChI=1S/C31H28BrN3O8S/c1-6-41-25-15-21(32)20(14-24(25)40-5)28-27(30(37)42-7-2)17(4)33-31-34(28)29(36)26(44-31)13-18-11-12-23(43-18)19-9-8-10-22(16(19)3)35(38)39/h8-15,28H,6-7H2,1-5H3/b26-13+/t28-/m1/s1. The quantitative estimate of drug-likeness (QED) is 0.129. The predicted octanol–water partition coefficient (Wildman–Crippen LogP) is 5.44. The van der Waals surface area contributed by atoms with Crippen LogP contribution in [0.5, 0.6) is 11.5 Å². The van der Waals surface area contributed by atoms with Crippen molar-refractivity contribution in [3.63, 3.8) is 0 Å². The molecule has 0 fully saturated rings. The van der Waals surface area contributed by atoms with Crippen LogP contribution in [0.3, 0.4) is 0 Å². The number of methoxy groups -OCH3 is 1. The molecule has 1 aliphatic rings. The topological polar surface area (TPSA) is 135 Å². The maximum atomic E-state index is 14.0. The zero-order valence-corrected chi connectivity index (χ0v) is 26.9. The molecule has 0 N–H and O–H groups in total. The zero-order chi connectivity index (χ0) is 31.7. The molecule has 0 spiro atoms. The van der Waals surface area contributed by atoms with Crippen LogP contribution in [0.4, 0.5) is 5.69 Å². The van der Waals surface area contributed by atoms with Gasteiger partial charge in [-0.2, -0.15) is 0 Å². The van der Waals surface area contributed by atoms with Gasteiger partial charge in [0.25, 0.3) is 11.2 Å². The third-order valence-electron chi connectivity index (χ3n) is 7.06. The predicted molar refractivity (Wildman–Crippen MR) is 168 cm³/mol. The van der Waals surface area contributed by atoms with Crippen LogP contribution in [0, 0.1) is 17.0 Å². The summed E-state index contributed by atoms with van der Waals surface area (Å²) in [5.74, 6) is 1.15. The minimum Gasteiger partial charge on any atom is -0.493 e. The molecule has 5 rings (SSSR count). The second-order valence-electron chi connectivity index (χ2n) is 9.67. The third-order valence-corrected chi connectivity index (χ3v) is 8.73. The van der Waals surface area contributed by atoms with E-state index in [4.69, 9.17) is 18.6 Å². The molecule has 44 heavy (non-hydrogen) atoms. The second kappa shape index (κ2) is 12.6. The van der Waals surface area contributed by atoms with E-state index in [1.54, 1.807) is 63.2 Å². The molecule has 2 aromatic carbocycles. The Morgan fingerprint density at radius 2 is 1.95 bits per heavy atom. The number of nitro groups is 1. The van der Waals surface area contributed by atoms with Crippen LogP contribution in [-0.2, 0) is 9.53 Å². The van der Waals surface area contributed by atoms with E-state index in [9.17, 15) is 19.7 Å². The lowest BCUT2D eigenvalue weighted by Gasteiger charge is -2.26. The summed E-state index contributed by atoms with van der Waals surface area (Å²) in [5, 5.41) is 11.4. The van der Waals surface area contributed by atoms with Gasteiger partial charge in [-0.1, -0.05) is 39.4 Å². The maximum Gasteiger partial charge on any atom is 0.338 e. The minimum atomic E-state index is -0.883. The number of esters is 1. The van der Waals surface area contributed by atoms with E-state index in [-0.39, 0.29) is 17.9 Å². The molecule has 1 aliphatic heterocycles. The van der Waals surface area contributed by atoms with Gasteiger partial charge in [0.2, 0.25) is 0 Å². The van der Waals surface area contributed by atoms with Crippen molar-refractivity contribution in [1.82, 2.24) is 4.57 Å². The molecule has 0 unspecified atom stereocenters. The number of nitrogens with zero attached hydrogens (tertiary/aromatic N) is 3. The molecule has 0 bridgehead atoms. The highest BCUT2D eigenvalue weighted by molar-refractivity contribution is 9.10. The Morgan fingerprint density at radius 3 is 2.64 bits per heavy atom. The molecule has 2 aromatic heterocycles. The van der Waals surface area contributed by atoms with Crippen LogP contribution in [0.25, 0.3) is 17.4 Å². The number of rotatable bonds is 9. The van der Waals surface area contributed by atoms with E-state index >= 15 is 0 Å². The van der Waals surface area contributed by atoms with Crippen LogP contribution >= 0.6 is 27.3 Å². The number of carbonyl (C=O) groups excluding carboxylic acids is 1. The SMILES string of the molecule is CCOC(=O)C1=C(C)N=c2s/c(=C/c3ccc(-c4cccc([N+](=O)[O-])c4C)o3)c(=O)n2[C@@H]1c1cc(OC)c(OCC)cc1Br. The van der Waals surface area contributed by atoms with Crippen LogP contribution < -0.4 is 24.4 Å². The Balaban J connectivity index is 1.67. The van der Waals surface area contributed by atoms with Crippen molar-refractivity contribution in [3.8, 4) is 22.8 Å². The Bertz CT molecular complexity index is 2010. The number of hydrogen-bond donors (Lipinski definition) is 0. The number of halogens is 1. The second-order valence-corrected chi connectivity index (χ2v) is 11.5. The molecule has 0 radical (unpaired) electrons. The number of aromatic nitrogens is 1. The monoisotopic (exact) mass is 681 g/mol. The van der Waals surface area contributed by atoms with Crippen molar-refractivity contribution in [3.05, 3.63) is 105 Å². The number of thiazole rings is 1. The molecule has 228 valence electrons. The first-order valence-electron chi connectivity index (χ1n) is 13.6. The molecule has 1 atom stereocenters. The van der Waals surface area contributed by atoms with E-state index in [2.05, 4.69) is 20.9 Å². The molecule has 0 aliphatic carbocycles. The van der Waals surface area contributed by atoms with Gasteiger partial charge in [-0.3, -0.25) is 19.5 Å². The van der Waals surface area contributed by atoms with Gasteiger partial charge in [0.1, 0.15) is 11.5 Å². The number of allylic oxidation sites excluding steroid dienone is 1. The fourth-order valence-electron chi connectivity index (χ4n) is 5.07. The first-order valence-corrected chi connectivity index (χ1v) is 15.2. The molecule has 13 heteroatoms. The lowest BCUT2D eigenvalue weighted by Crippen LogP contribution is -2.40. The van der Waals surface area contributed by atoms with Gasteiger partial charge in [0.05, 0.1) is 47.1 Å². The van der Waals surface area contributed by atoms with Crippen LogP contribution in [0.1, 0.15) is 43.7 Å². The van der Waals surface area contributed by atoms with Crippen LogP contribution in [-0.4, -0.2) is 35.8 Å². The average Bonchev–Trinajstić information content (AvgIpc) is 3.56. The van der Waals surface area contributed by atoms with Gasteiger partial charge in [-0.05, 0) is 57.5 Å². The fraction of sp³-hybridized carbons (Fsp3) is 0.258. The van der Waals surface area contributed by atoms with Crippen molar-refractivity contribution < 1.29 is 28.3 Å². The fourth-order valence-corrected chi connectivity index (χ4v) is 6.63. The molecule has 4 aromatic rings. The third kappa shape index (κ3) is 5.60. The average molecular weight is 683 g/mol. The molecular weight excluding hydrogens is 654 g/mol. The van der Waals surface area contributed by atoms with Gasteiger partial charge >= 0.3 is 5.97 Å². The van der Waals surface area contributed by atoms with Crippen molar-refractivity contribution in [2.45, 2.75) is 33.7 Å². The summed E-state index contributed by atoms with van der Waals surface area (Å²) in [6.45, 7) is 7.49. The number of benzene rings is 2. The highest BCUT2D eigenvalue weighted by Crippen LogP contribution is 2.41. The largest absolute Gasteiger partial charge is 0.493 e. The smallest absolute Gasteiger partial charge is 0.338 e. The van der Waals surface area contributed by atoms with Crippen molar-refractivity contribution in [2.75, 3.05) is 20.3 Å². The number of carbonyl (C=O) groups is 1. The molecule has 0 saturated carbocycles. The summed E-state index contributed by atoms with van der Waals surface area (Å²) in [7, 11) is 1.51. The van der Waals surface area contributed by atoms with Crippen molar-refractivity contribution >= 4 is 45.0 Å². The van der Waals surface area contributed by atoms with E-state index in [0.29, 0.717) is 65.8 Å². The molecule has 0 saturated heterocycles. The minimum absolute atomic E-state index is 0.0152. The zero-order valence-electron chi connectivity index (χ0n) is 24.5. The van der Waals surface area contributed by atoms with E-state index in [1.165, 1.54) is 17.7 Å². The normalized spacial score (nSPS) is 14.7. The number of nitro benzene ring substituents is 1. The van der Waals surface area contributed by atoms with Crippen molar-refractivity contribution in [1.29, 1.82) is 0 Å². The Labute approximate surface area is 264 Å². The highest BCUT2D eigenvalue weighted by Gasteiger charge is 2.35. The van der Waals surface area contributed by atoms with Gasteiger partial charge in [0, 0.05) is 27.7 Å². The first kappa shape index (κ1) is 31.0. The Hall–Kier alpha value is -4.49. The van der Waals surface area contributed by atoms with Gasteiger partial charge in [-0.15, -0.1) is 0 Å². The number of furan rings is 1. The first-order chi connectivity index (χ1) is 21.1. The van der Waals surface area contributed by atoms with Gasteiger partial charge in [-0.25, -0.2) is 9.79 Å². The Kier molecular flexibility index (Phi) is 8.88. The van der Waals surface area contributed by atoms with Gasteiger partial charge < -0.3 is 18.6 Å². The lowest BCUT2D eigenvalue weighted by atomic mass is 9.95. The van der Waals surface area contributed by atoms with Gasteiger partial charge in [0.15, 0.2) is 16.3 Å². The maximum absolute atomic E-state index is 14.0. The van der Waals surface area contributed by atoms with Crippen LogP contribution in [0.15, 0.2) is 72.4 Å². The number of hydrogen-bond acceptors (Lipinski definition) is 10. The summed E-state index contributed by atoms with van der Waals surface area (Å²) < 4.78 is 25.1. The number of ether oxygens (including phenoxy) is 3. The van der Waals surface area contributed by atoms with E-state index < -0.39 is 22.5 Å². The molecular formula is C31H28BrN3O8S. The molecule has 0 amide bonds. The summed E-state index contributed by atoms with van der Waals surface area (Å²) in [4.78, 5) is 43.3. The van der Waals surface area contributed by atoms with Crippen molar-refractivity contribution in [2.24, 2.45) is 4.99 Å². The molecule has 3 heterocycles. The summed E-state index contributed by atoms with van der Waals surface area (Å²) in [6, 6.07) is 10.7.